The number of aromatic nitrogens is 1. The molecule has 216 valence electrons. The van der Waals surface area contributed by atoms with Gasteiger partial charge in [0.15, 0.2) is 0 Å². The van der Waals surface area contributed by atoms with Crippen LogP contribution in [0, 0.1) is 0 Å². The molecular weight excluding hydrogens is 554 g/mol. The number of benzene rings is 3. The smallest absolute Gasteiger partial charge is 0.326 e. The molecule has 1 amide bonds. The number of rotatable bonds is 14. The summed E-state index contributed by atoms with van der Waals surface area (Å²) >= 11 is 0. The third kappa shape index (κ3) is 8.11. The van der Waals surface area contributed by atoms with Crippen molar-refractivity contribution in [2.24, 2.45) is 0 Å². The number of anilines is 1. The SMILES string of the molecule is O=C(CCCNc1ccccn1)Cc1ccc(C[C@H](NC(=O)c2ccccc2S(=O)(=O)c2ccccc2)C(=O)O)cc1. The van der Waals surface area contributed by atoms with Gasteiger partial charge in [0.1, 0.15) is 17.6 Å². The lowest BCUT2D eigenvalue weighted by Crippen LogP contribution is -2.42. The number of hydrogen-bond donors (Lipinski definition) is 3. The van der Waals surface area contributed by atoms with Gasteiger partial charge in [-0.3, -0.25) is 9.59 Å². The maximum absolute atomic E-state index is 13.2. The minimum atomic E-state index is -4.01. The van der Waals surface area contributed by atoms with E-state index >= 15 is 0 Å². The van der Waals surface area contributed by atoms with Crippen molar-refractivity contribution in [2.45, 2.75) is 41.5 Å². The van der Waals surface area contributed by atoms with Crippen LogP contribution in [0.25, 0.3) is 0 Å². The molecule has 0 aliphatic heterocycles. The number of amides is 1. The Balaban J connectivity index is 1.34. The van der Waals surface area contributed by atoms with Gasteiger partial charge < -0.3 is 15.7 Å². The Bertz CT molecular complexity index is 1630. The van der Waals surface area contributed by atoms with Crippen molar-refractivity contribution < 1.29 is 27.9 Å². The molecule has 1 heterocycles. The minimum Gasteiger partial charge on any atom is -0.480 e. The van der Waals surface area contributed by atoms with Crippen LogP contribution >= 0.6 is 0 Å². The second-order valence-corrected chi connectivity index (χ2v) is 11.6. The molecule has 0 bridgehead atoms. The van der Waals surface area contributed by atoms with Crippen molar-refractivity contribution in [3.8, 4) is 0 Å². The Morgan fingerprint density at radius 2 is 1.48 bits per heavy atom. The standard InChI is InChI=1S/C32H31N3O6S/c36-25(9-8-20-34-30-14-6-7-19-33-30)21-23-15-17-24(18-16-23)22-28(32(38)39)35-31(37)27-12-4-5-13-29(27)42(40,41)26-10-2-1-3-11-26/h1-7,10-19,28H,8-9,20-22H2,(H,33,34)(H,35,37)(H,38,39)/t28-/m0/s1. The maximum Gasteiger partial charge on any atom is 0.326 e. The van der Waals surface area contributed by atoms with Crippen LogP contribution in [0.5, 0.6) is 0 Å². The van der Waals surface area contributed by atoms with Gasteiger partial charge in [-0.15, -0.1) is 0 Å². The van der Waals surface area contributed by atoms with Gasteiger partial charge in [0.2, 0.25) is 9.84 Å². The molecule has 4 aromatic rings. The third-order valence-electron chi connectivity index (χ3n) is 6.55. The molecule has 9 nitrogen and oxygen atoms in total. The van der Waals surface area contributed by atoms with Gasteiger partial charge in [0.25, 0.3) is 5.91 Å². The molecule has 3 N–H and O–H groups in total. The van der Waals surface area contributed by atoms with Crippen molar-refractivity contribution in [1.82, 2.24) is 10.3 Å². The molecule has 0 unspecified atom stereocenters. The summed E-state index contributed by atoms with van der Waals surface area (Å²) in [5.74, 6) is -1.22. The monoisotopic (exact) mass is 585 g/mol. The molecule has 0 fully saturated rings. The average Bonchev–Trinajstić information content (AvgIpc) is 3.00. The highest BCUT2D eigenvalue weighted by atomic mass is 32.2. The number of sulfone groups is 1. The number of hydrogen-bond acceptors (Lipinski definition) is 7. The fraction of sp³-hybridized carbons (Fsp3) is 0.188. The van der Waals surface area contributed by atoms with Gasteiger partial charge in [-0.1, -0.05) is 60.7 Å². The predicted molar refractivity (Wildman–Crippen MR) is 158 cm³/mol. The molecule has 1 aromatic heterocycles. The molecule has 0 radical (unpaired) electrons. The van der Waals surface area contributed by atoms with E-state index in [9.17, 15) is 27.9 Å². The van der Waals surface area contributed by atoms with E-state index in [2.05, 4.69) is 15.6 Å². The summed E-state index contributed by atoms with van der Waals surface area (Å²) in [6.45, 7) is 0.632. The lowest BCUT2D eigenvalue weighted by Gasteiger charge is -2.17. The largest absolute Gasteiger partial charge is 0.480 e. The number of carboxylic acid groups (broad SMARTS) is 1. The molecule has 10 heteroatoms. The van der Waals surface area contributed by atoms with Crippen LogP contribution in [0.3, 0.4) is 0 Å². The summed E-state index contributed by atoms with van der Waals surface area (Å²) in [4.78, 5) is 41.5. The lowest BCUT2D eigenvalue weighted by molar-refractivity contribution is -0.139. The number of carbonyl (C=O) groups excluding carboxylic acids is 2. The lowest BCUT2D eigenvalue weighted by atomic mass is 10.0. The van der Waals surface area contributed by atoms with Crippen LogP contribution < -0.4 is 10.6 Å². The maximum atomic E-state index is 13.2. The second kappa shape index (κ2) is 14.2. The first kappa shape index (κ1) is 30.1. The van der Waals surface area contributed by atoms with E-state index in [1.807, 2.05) is 18.2 Å². The Morgan fingerprint density at radius 3 is 2.17 bits per heavy atom. The molecule has 0 aliphatic carbocycles. The Hall–Kier alpha value is -4.83. The number of aliphatic carboxylic acids is 1. The molecule has 4 rings (SSSR count). The van der Waals surface area contributed by atoms with Crippen molar-refractivity contribution >= 4 is 33.3 Å². The van der Waals surface area contributed by atoms with Gasteiger partial charge in [-0.2, -0.15) is 0 Å². The molecular formula is C32H31N3O6S. The van der Waals surface area contributed by atoms with E-state index < -0.39 is 27.8 Å². The van der Waals surface area contributed by atoms with Crippen LogP contribution in [0.15, 0.2) is 113 Å². The zero-order chi connectivity index (χ0) is 30.0. The van der Waals surface area contributed by atoms with E-state index in [1.54, 1.807) is 48.7 Å². The van der Waals surface area contributed by atoms with Crippen LogP contribution in [-0.4, -0.2) is 48.8 Å². The number of pyridine rings is 1. The summed E-state index contributed by atoms with van der Waals surface area (Å²) in [5.41, 5.74) is 1.30. The topological polar surface area (TPSA) is 143 Å². The highest BCUT2D eigenvalue weighted by Gasteiger charge is 2.27. The van der Waals surface area contributed by atoms with Gasteiger partial charge in [-0.25, -0.2) is 18.2 Å². The summed E-state index contributed by atoms with van der Waals surface area (Å²) in [6, 6.07) is 24.7. The first-order chi connectivity index (χ1) is 20.2. The van der Waals surface area contributed by atoms with E-state index in [0.717, 1.165) is 11.4 Å². The second-order valence-electron chi connectivity index (χ2n) is 9.66. The fourth-order valence-electron chi connectivity index (χ4n) is 4.37. The van der Waals surface area contributed by atoms with Crippen molar-refractivity contribution in [3.05, 3.63) is 120 Å². The van der Waals surface area contributed by atoms with E-state index in [0.29, 0.717) is 24.9 Å². The average molecular weight is 586 g/mol. The van der Waals surface area contributed by atoms with Crippen molar-refractivity contribution in [3.63, 3.8) is 0 Å². The quantitative estimate of drug-likeness (QED) is 0.186. The normalized spacial score (nSPS) is 11.8. The highest BCUT2D eigenvalue weighted by molar-refractivity contribution is 7.91. The number of Topliss-reactive ketones (excluding diaryl/α,β-unsaturated/α-hetero) is 1. The number of nitrogens with one attached hydrogen (secondary N) is 2. The van der Waals surface area contributed by atoms with Gasteiger partial charge >= 0.3 is 5.97 Å². The Labute approximate surface area is 244 Å². The van der Waals surface area contributed by atoms with Crippen LogP contribution in [0.4, 0.5) is 5.82 Å². The molecule has 0 spiro atoms. The molecule has 1 atom stereocenters. The van der Waals surface area contributed by atoms with Crippen LogP contribution in [-0.2, 0) is 32.3 Å². The molecule has 3 aromatic carbocycles. The van der Waals surface area contributed by atoms with Gasteiger partial charge in [0.05, 0.1) is 15.4 Å². The zero-order valence-corrected chi connectivity index (χ0v) is 23.6. The van der Waals surface area contributed by atoms with Crippen LogP contribution in [0.1, 0.15) is 34.3 Å². The van der Waals surface area contributed by atoms with Crippen molar-refractivity contribution in [2.75, 3.05) is 11.9 Å². The fourth-order valence-corrected chi connectivity index (χ4v) is 5.84. The minimum absolute atomic E-state index is 0.0257. The number of carboxylic acids is 1. The molecule has 0 saturated carbocycles. The third-order valence-corrected chi connectivity index (χ3v) is 8.37. The highest BCUT2D eigenvalue weighted by Crippen LogP contribution is 2.24. The Kier molecular flexibility index (Phi) is 10.2. The van der Waals surface area contributed by atoms with Crippen molar-refractivity contribution in [1.29, 1.82) is 0 Å². The first-order valence-electron chi connectivity index (χ1n) is 13.4. The number of carbonyl (C=O) groups is 3. The Morgan fingerprint density at radius 1 is 0.810 bits per heavy atom. The number of ketones is 1. The van der Waals surface area contributed by atoms with E-state index in [4.69, 9.17) is 0 Å². The number of nitrogens with zero attached hydrogens (tertiary/aromatic N) is 1. The van der Waals surface area contributed by atoms with E-state index in [1.165, 1.54) is 36.4 Å². The molecule has 42 heavy (non-hydrogen) atoms. The zero-order valence-electron chi connectivity index (χ0n) is 22.8. The molecule has 0 saturated heterocycles. The first-order valence-corrected chi connectivity index (χ1v) is 14.9. The van der Waals surface area contributed by atoms with Crippen LogP contribution in [0.2, 0.25) is 0 Å². The predicted octanol–water partition coefficient (Wildman–Crippen LogP) is 4.34. The molecule has 0 aliphatic rings. The summed E-state index contributed by atoms with van der Waals surface area (Å²) in [6.07, 6.45) is 3.01. The summed E-state index contributed by atoms with van der Waals surface area (Å²) in [7, 11) is -4.01. The summed E-state index contributed by atoms with van der Waals surface area (Å²) < 4.78 is 26.4. The van der Waals surface area contributed by atoms with Gasteiger partial charge in [-0.05, 0) is 53.9 Å². The van der Waals surface area contributed by atoms with Gasteiger partial charge in [0, 0.05) is 32.0 Å². The van der Waals surface area contributed by atoms with E-state index in [-0.39, 0.29) is 34.0 Å². The summed E-state index contributed by atoms with van der Waals surface area (Å²) in [5, 5.41) is 15.4.